The van der Waals surface area contributed by atoms with Crippen LogP contribution in [-0.2, 0) is 19.1 Å². The molecule has 0 atom stereocenters. The largest absolute Gasteiger partial charge is 0.430 e. The van der Waals surface area contributed by atoms with Gasteiger partial charge in [0, 0.05) is 13.8 Å². The Morgan fingerprint density at radius 3 is 2.00 bits per heavy atom. The van der Waals surface area contributed by atoms with Gasteiger partial charge in [-0.15, -0.1) is 0 Å². The Morgan fingerprint density at radius 2 is 1.56 bits per heavy atom. The van der Waals surface area contributed by atoms with E-state index in [-0.39, 0.29) is 0 Å². The number of ether oxygens (including phenoxy) is 2. The average molecular weight is 237 g/mol. The molecule has 1 aromatic carbocycles. The van der Waals surface area contributed by atoms with E-state index in [1.807, 2.05) is 30.3 Å². The third kappa shape index (κ3) is 4.74. The first kappa shape index (κ1) is 12.4. The number of rotatable bonds is 4. The molecule has 1 radical (unpaired) electrons. The normalized spacial score (nSPS) is 9.94. The van der Waals surface area contributed by atoms with Gasteiger partial charge >= 0.3 is 11.9 Å². The Morgan fingerprint density at radius 1 is 1.06 bits per heavy atom. The van der Waals surface area contributed by atoms with Gasteiger partial charge in [0.25, 0.3) is 0 Å². The van der Waals surface area contributed by atoms with Crippen LogP contribution in [0.4, 0.5) is 0 Å². The fourth-order valence-electron chi connectivity index (χ4n) is 1.14. The fourth-order valence-corrected chi connectivity index (χ4v) is 2.42. The second-order valence-corrected chi connectivity index (χ2v) is 4.71. The summed E-state index contributed by atoms with van der Waals surface area (Å²) < 4.78 is 9.84. The first-order chi connectivity index (χ1) is 7.58. The molecule has 85 valence electrons. The van der Waals surface area contributed by atoms with Gasteiger partial charge in [-0.2, -0.15) is 0 Å². The van der Waals surface area contributed by atoms with E-state index in [1.165, 1.54) is 13.8 Å². The summed E-state index contributed by atoms with van der Waals surface area (Å²) in [5.74, 6) is -1.67. The molecule has 0 aliphatic rings. The molecule has 0 N–H and O–H groups in total. The van der Waals surface area contributed by atoms with Crippen LogP contribution in [0.3, 0.4) is 0 Å². The third-order valence-corrected chi connectivity index (χ3v) is 3.01. The van der Waals surface area contributed by atoms with Gasteiger partial charge in [-0.05, 0) is 0 Å². The molecule has 0 spiro atoms. The van der Waals surface area contributed by atoms with Crippen LogP contribution in [0.15, 0.2) is 30.3 Å². The van der Waals surface area contributed by atoms with Crippen LogP contribution in [0.25, 0.3) is 0 Å². The average Bonchev–Trinajstić information content (AvgIpc) is 2.16. The molecular weight excluding hydrogens is 224 g/mol. The molecule has 0 aliphatic heterocycles. The number of hydrogen-bond donors (Lipinski definition) is 0. The highest BCUT2D eigenvalue weighted by Gasteiger charge is 2.16. The van der Waals surface area contributed by atoms with Crippen molar-refractivity contribution in [3.63, 3.8) is 0 Å². The van der Waals surface area contributed by atoms with E-state index in [2.05, 4.69) is 0 Å². The molecule has 0 amide bonds. The van der Waals surface area contributed by atoms with Crippen LogP contribution in [0.5, 0.6) is 0 Å². The minimum absolute atomic E-state index is 0.437. The summed E-state index contributed by atoms with van der Waals surface area (Å²) in [7, 11) is -0.437. The smallest absolute Gasteiger partial charge is 0.305 e. The van der Waals surface area contributed by atoms with Crippen molar-refractivity contribution in [1.82, 2.24) is 0 Å². The lowest BCUT2D eigenvalue weighted by molar-refractivity contribution is -0.171. The highest BCUT2D eigenvalue weighted by Crippen LogP contribution is 1.96. The van der Waals surface area contributed by atoms with Gasteiger partial charge < -0.3 is 9.47 Å². The topological polar surface area (TPSA) is 52.6 Å². The number of benzene rings is 1. The summed E-state index contributed by atoms with van der Waals surface area (Å²) in [5.41, 5.74) is 0. The summed E-state index contributed by atoms with van der Waals surface area (Å²) >= 11 is 0. The van der Waals surface area contributed by atoms with E-state index in [0.717, 1.165) is 5.19 Å². The van der Waals surface area contributed by atoms with Gasteiger partial charge in [0.15, 0.2) is 9.52 Å². The minimum Gasteiger partial charge on any atom is -0.430 e. The first-order valence-corrected chi connectivity index (χ1v) is 6.06. The molecule has 0 bridgehead atoms. The molecule has 0 saturated heterocycles. The van der Waals surface area contributed by atoms with Crippen LogP contribution in [-0.4, -0.2) is 27.4 Å². The van der Waals surface area contributed by atoms with E-state index in [9.17, 15) is 9.59 Å². The fraction of sp³-hybridized carbons (Fsp3) is 0.273. The lowest BCUT2D eigenvalue weighted by Gasteiger charge is -2.15. The molecule has 0 fully saturated rings. The molecule has 0 aromatic heterocycles. The molecule has 0 unspecified atom stereocenters. The van der Waals surface area contributed by atoms with Crippen LogP contribution in [0.2, 0.25) is 0 Å². The second-order valence-electron chi connectivity index (χ2n) is 3.16. The van der Waals surface area contributed by atoms with Crippen LogP contribution < -0.4 is 5.19 Å². The SMILES string of the molecule is CC(=O)OC(OC(C)=O)[SiH]c1ccccc1. The van der Waals surface area contributed by atoms with Crippen molar-refractivity contribution in [2.45, 2.75) is 19.8 Å². The van der Waals surface area contributed by atoms with Crippen molar-refractivity contribution in [1.29, 1.82) is 0 Å². The monoisotopic (exact) mass is 237 g/mol. The van der Waals surface area contributed by atoms with Crippen LogP contribution in [0, 0.1) is 0 Å². The van der Waals surface area contributed by atoms with Gasteiger partial charge in [0.05, 0.1) is 0 Å². The molecule has 5 heteroatoms. The Balaban J connectivity index is 2.63. The number of hydrogen-bond acceptors (Lipinski definition) is 4. The zero-order chi connectivity index (χ0) is 12.0. The Kier molecular flexibility index (Phi) is 4.72. The quantitative estimate of drug-likeness (QED) is 0.425. The Hall–Kier alpha value is -1.62. The highest BCUT2D eigenvalue weighted by atomic mass is 28.2. The maximum Gasteiger partial charge on any atom is 0.305 e. The van der Waals surface area contributed by atoms with Crippen molar-refractivity contribution in [3.05, 3.63) is 30.3 Å². The van der Waals surface area contributed by atoms with Crippen molar-refractivity contribution in [3.8, 4) is 0 Å². The van der Waals surface area contributed by atoms with E-state index in [0.29, 0.717) is 0 Å². The molecule has 4 nitrogen and oxygen atoms in total. The van der Waals surface area contributed by atoms with Gasteiger partial charge in [-0.3, -0.25) is 9.59 Å². The van der Waals surface area contributed by atoms with Crippen molar-refractivity contribution in [2.75, 3.05) is 0 Å². The lowest BCUT2D eigenvalue weighted by Crippen LogP contribution is -2.35. The van der Waals surface area contributed by atoms with Crippen LogP contribution in [0.1, 0.15) is 13.8 Å². The Labute approximate surface area is 96.4 Å². The summed E-state index contributed by atoms with van der Waals surface area (Å²) in [6, 6.07) is 9.50. The maximum absolute atomic E-state index is 10.8. The van der Waals surface area contributed by atoms with E-state index in [4.69, 9.17) is 9.47 Å². The zero-order valence-corrected chi connectivity index (χ0v) is 10.3. The summed E-state index contributed by atoms with van der Waals surface area (Å²) in [6.07, 6.45) is 0. The molecule has 1 rings (SSSR count). The predicted molar refractivity (Wildman–Crippen MR) is 60.5 cm³/mol. The van der Waals surface area contributed by atoms with E-state index < -0.39 is 27.4 Å². The number of esters is 2. The summed E-state index contributed by atoms with van der Waals surface area (Å²) in [6.45, 7) is 2.59. The van der Waals surface area contributed by atoms with Gasteiger partial charge in [-0.1, -0.05) is 35.5 Å². The first-order valence-electron chi connectivity index (χ1n) is 4.82. The molecule has 1 aromatic rings. The predicted octanol–water partition coefficient (Wildman–Crippen LogP) is 0.158. The standard InChI is InChI=1S/C11H13O4Si/c1-8(12)14-11(15-9(2)13)16-10-6-4-3-5-7-10/h3-7,11,16H,1-2H3. The molecule has 0 heterocycles. The Bertz CT molecular complexity index is 348. The van der Waals surface area contributed by atoms with Crippen molar-refractivity contribution < 1.29 is 19.1 Å². The zero-order valence-electron chi connectivity index (χ0n) is 9.17. The molecule has 16 heavy (non-hydrogen) atoms. The van der Waals surface area contributed by atoms with Crippen molar-refractivity contribution >= 4 is 26.6 Å². The highest BCUT2D eigenvalue weighted by molar-refractivity contribution is 6.54. The van der Waals surface area contributed by atoms with Gasteiger partial charge in [-0.25, -0.2) is 0 Å². The van der Waals surface area contributed by atoms with E-state index >= 15 is 0 Å². The summed E-state index contributed by atoms with van der Waals surface area (Å²) in [4.78, 5) is 21.7. The number of carbonyl (C=O) groups excluding carboxylic acids is 2. The third-order valence-electron chi connectivity index (χ3n) is 1.69. The van der Waals surface area contributed by atoms with Crippen LogP contribution >= 0.6 is 0 Å². The van der Waals surface area contributed by atoms with Crippen molar-refractivity contribution in [2.24, 2.45) is 0 Å². The second kappa shape index (κ2) is 6.07. The maximum atomic E-state index is 10.8. The van der Waals surface area contributed by atoms with E-state index in [1.54, 1.807) is 0 Å². The molecular formula is C11H13O4Si. The molecule has 0 aliphatic carbocycles. The minimum atomic E-state index is -0.766. The lowest BCUT2D eigenvalue weighted by atomic mass is 10.4. The number of carbonyl (C=O) groups is 2. The molecule has 0 saturated carbocycles. The van der Waals surface area contributed by atoms with Gasteiger partial charge in [0.2, 0.25) is 5.91 Å². The summed E-state index contributed by atoms with van der Waals surface area (Å²) in [5, 5.41) is 1.02. The van der Waals surface area contributed by atoms with Gasteiger partial charge in [0.1, 0.15) is 0 Å².